The third-order valence-corrected chi connectivity index (χ3v) is 5.28. The lowest BCUT2D eigenvalue weighted by Gasteiger charge is -2.38. The molecule has 1 atom stereocenters. The van der Waals surface area contributed by atoms with Crippen molar-refractivity contribution in [2.24, 2.45) is 5.41 Å². The third-order valence-electron chi connectivity index (χ3n) is 5.28. The average molecular weight is 381 g/mol. The van der Waals surface area contributed by atoms with Gasteiger partial charge >= 0.3 is 5.69 Å². The molecule has 7 nitrogen and oxygen atoms in total. The first-order chi connectivity index (χ1) is 13.3. The smallest absolute Gasteiger partial charge is 0.327 e. The number of ether oxygens (including phenoxy) is 1. The van der Waals surface area contributed by atoms with E-state index in [0.717, 1.165) is 17.0 Å². The number of benzene rings is 1. The van der Waals surface area contributed by atoms with Crippen LogP contribution in [0, 0.1) is 5.41 Å². The molecule has 2 heterocycles. The van der Waals surface area contributed by atoms with Crippen molar-refractivity contribution in [2.45, 2.75) is 39.5 Å². The van der Waals surface area contributed by atoms with Gasteiger partial charge in [0.2, 0.25) is 0 Å². The topological polar surface area (TPSA) is 104 Å². The lowest BCUT2D eigenvalue weighted by molar-refractivity contribution is -0.118. The Morgan fingerprint density at radius 2 is 1.79 bits per heavy atom. The maximum atomic E-state index is 13.1. The molecule has 0 unspecified atom stereocenters. The number of Topliss-reactive ketones (excluding diaryl/α,β-unsaturated/α-hetero) is 1. The number of nitrogens with one attached hydrogen (secondary N) is 3. The van der Waals surface area contributed by atoms with Gasteiger partial charge in [0.25, 0.3) is 5.56 Å². The highest BCUT2D eigenvalue weighted by Gasteiger charge is 2.42. The number of aromatic amines is 2. The summed E-state index contributed by atoms with van der Waals surface area (Å²) >= 11 is 0. The maximum absolute atomic E-state index is 13.1. The number of H-pyrrole nitrogens is 2. The summed E-state index contributed by atoms with van der Waals surface area (Å²) < 4.78 is 5.51. The Bertz CT molecular complexity index is 1090. The van der Waals surface area contributed by atoms with Crippen molar-refractivity contribution in [3.63, 3.8) is 0 Å². The van der Waals surface area contributed by atoms with Crippen LogP contribution in [0.5, 0.6) is 5.75 Å². The van der Waals surface area contributed by atoms with Gasteiger partial charge in [0.05, 0.1) is 12.2 Å². The van der Waals surface area contributed by atoms with Crippen molar-refractivity contribution >= 4 is 11.6 Å². The fourth-order valence-corrected chi connectivity index (χ4v) is 4.20. The summed E-state index contributed by atoms with van der Waals surface area (Å²) in [6.45, 7) is 6.54. The van der Waals surface area contributed by atoms with Crippen LogP contribution < -0.4 is 21.3 Å². The largest absolute Gasteiger partial charge is 0.494 e. The number of fused-ring (bicyclic) bond motifs is 1. The molecule has 1 aromatic carbocycles. The van der Waals surface area contributed by atoms with E-state index in [9.17, 15) is 14.4 Å². The molecule has 28 heavy (non-hydrogen) atoms. The number of allylic oxidation sites excluding steroid dienone is 2. The molecule has 0 bridgehead atoms. The molecule has 0 spiro atoms. The molecular weight excluding hydrogens is 358 g/mol. The van der Waals surface area contributed by atoms with E-state index >= 15 is 0 Å². The summed E-state index contributed by atoms with van der Waals surface area (Å²) in [6.07, 6.45) is 1.08. The Hall–Kier alpha value is -3.09. The molecule has 1 aromatic heterocycles. The van der Waals surface area contributed by atoms with Crippen LogP contribution in [0.3, 0.4) is 0 Å². The van der Waals surface area contributed by atoms with Gasteiger partial charge in [-0.15, -0.1) is 0 Å². The molecule has 0 saturated heterocycles. The van der Waals surface area contributed by atoms with Crippen molar-refractivity contribution in [1.29, 1.82) is 0 Å². The summed E-state index contributed by atoms with van der Waals surface area (Å²) in [4.78, 5) is 42.5. The Morgan fingerprint density at radius 1 is 1.07 bits per heavy atom. The standard InChI is InChI=1S/C21H23N3O4/c1-4-28-12-7-5-11(6-8-12)15-16-13(9-21(2,3)10-14(16)25)22-18-17(15)19(26)24-20(27)23-18/h5-8,15H,4,9-10H2,1-3H3,(H3,22,23,24,26,27)/t15-/m1/s1. The molecule has 0 saturated carbocycles. The summed E-state index contributed by atoms with van der Waals surface area (Å²) in [5.74, 6) is 0.568. The van der Waals surface area contributed by atoms with Crippen molar-refractivity contribution in [3.05, 3.63) is 67.5 Å². The van der Waals surface area contributed by atoms with Crippen LogP contribution in [0.2, 0.25) is 0 Å². The Labute approximate surface area is 161 Å². The molecule has 2 aromatic rings. The zero-order valence-corrected chi connectivity index (χ0v) is 16.1. The molecule has 146 valence electrons. The minimum absolute atomic E-state index is 0.0221. The Balaban J connectivity index is 1.93. The van der Waals surface area contributed by atoms with Gasteiger partial charge in [-0.1, -0.05) is 26.0 Å². The van der Waals surface area contributed by atoms with E-state index in [1.807, 2.05) is 45.0 Å². The van der Waals surface area contributed by atoms with Gasteiger partial charge in [0, 0.05) is 23.6 Å². The van der Waals surface area contributed by atoms with Gasteiger partial charge in [0.1, 0.15) is 11.6 Å². The fraction of sp³-hybridized carbons (Fsp3) is 0.381. The number of carbonyl (C=O) groups is 1. The number of ketones is 1. The van der Waals surface area contributed by atoms with Crippen LogP contribution in [0.15, 0.2) is 45.1 Å². The van der Waals surface area contributed by atoms with E-state index in [-0.39, 0.29) is 11.2 Å². The summed E-state index contributed by atoms with van der Waals surface area (Å²) in [6, 6.07) is 7.40. The molecule has 0 radical (unpaired) electrons. The average Bonchev–Trinajstić information content (AvgIpc) is 2.59. The predicted octanol–water partition coefficient (Wildman–Crippen LogP) is 2.66. The summed E-state index contributed by atoms with van der Waals surface area (Å²) in [5, 5.41) is 3.16. The van der Waals surface area contributed by atoms with Crippen LogP contribution in [0.4, 0.5) is 5.82 Å². The van der Waals surface area contributed by atoms with E-state index in [2.05, 4.69) is 15.3 Å². The first-order valence-corrected chi connectivity index (χ1v) is 9.41. The second-order valence-corrected chi connectivity index (χ2v) is 8.09. The van der Waals surface area contributed by atoms with Gasteiger partial charge in [-0.3, -0.25) is 19.6 Å². The van der Waals surface area contributed by atoms with E-state index < -0.39 is 17.2 Å². The third kappa shape index (κ3) is 3.06. The van der Waals surface area contributed by atoms with Gasteiger partial charge in [0.15, 0.2) is 5.78 Å². The number of aromatic nitrogens is 2. The van der Waals surface area contributed by atoms with Crippen molar-refractivity contribution < 1.29 is 9.53 Å². The summed E-state index contributed by atoms with van der Waals surface area (Å²) in [7, 11) is 0. The van der Waals surface area contributed by atoms with Gasteiger partial charge in [-0.25, -0.2) is 4.79 Å². The highest BCUT2D eigenvalue weighted by Crippen LogP contribution is 2.47. The quantitative estimate of drug-likeness (QED) is 0.758. The fourth-order valence-electron chi connectivity index (χ4n) is 4.20. The second kappa shape index (κ2) is 6.51. The number of hydrogen-bond donors (Lipinski definition) is 3. The highest BCUT2D eigenvalue weighted by molar-refractivity contribution is 6.01. The van der Waals surface area contributed by atoms with Gasteiger partial charge < -0.3 is 10.1 Å². The Kier molecular flexibility index (Phi) is 4.25. The van der Waals surface area contributed by atoms with Crippen LogP contribution in [0.1, 0.15) is 50.7 Å². The minimum atomic E-state index is -0.577. The molecule has 1 aliphatic heterocycles. The van der Waals surface area contributed by atoms with Crippen molar-refractivity contribution in [3.8, 4) is 5.75 Å². The molecule has 0 fully saturated rings. The van der Waals surface area contributed by atoms with Crippen LogP contribution >= 0.6 is 0 Å². The van der Waals surface area contributed by atoms with Crippen LogP contribution in [0.25, 0.3) is 0 Å². The normalized spacial score (nSPS) is 20.2. The first kappa shape index (κ1) is 18.3. The monoisotopic (exact) mass is 381 g/mol. The van der Waals surface area contributed by atoms with Crippen LogP contribution in [-0.4, -0.2) is 22.4 Å². The number of hydrogen-bond acceptors (Lipinski definition) is 5. The predicted molar refractivity (Wildman–Crippen MR) is 106 cm³/mol. The van der Waals surface area contributed by atoms with Crippen LogP contribution in [-0.2, 0) is 4.79 Å². The number of rotatable bonds is 3. The SMILES string of the molecule is CCOc1ccc([C@@H]2C3=C(CC(C)(C)CC3=O)Nc3[nH]c(=O)[nH]c(=O)c32)cc1. The lowest BCUT2D eigenvalue weighted by Crippen LogP contribution is -2.38. The van der Waals surface area contributed by atoms with E-state index in [0.29, 0.717) is 36.4 Å². The van der Waals surface area contributed by atoms with Gasteiger partial charge in [-0.05, 0) is 36.5 Å². The van der Waals surface area contributed by atoms with E-state index in [1.54, 1.807) is 0 Å². The molecule has 4 rings (SSSR count). The highest BCUT2D eigenvalue weighted by atomic mass is 16.5. The zero-order chi connectivity index (χ0) is 20.1. The molecule has 1 aliphatic carbocycles. The lowest BCUT2D eigenvalue weighted by atomic mass is 9.69. The second-order valence-electron chi connectivity index (χ2n) is 8.09. The molecule has 2 aliphatic rings. The van der Waals surface area contributed by atoms with Crippen molar-refractivity contribution in [2.75, 3.05) is 11.9 Å². The van der Waals surface area contributed by atoms with Crippen molar-refractivity contribution in [1.82, 2.24) is 9.97 Å². The zero-order valence-electron chi connectivity index (χ0n) is 16.1. The number of carbonyl (C=O) groups excluding carboxylic acids is 1. The van der Waals surface area contributed by atoms with Gasteiger partial charge in [-0.2, -0.15) is 0 Å². The minimum Gasteiger partial charge on any atom is -0.494 e. The summed E-state index contributed by atoms with van der Waals surface area (Å²) in [5.41, 5.74) is 1.29. The number of anilines is 1. The molecule has 0 amide bonds. The first-order valence-electron chi connectivity index (χ1n) is 9.41. The Morgan fingerprint density at radius 3 is 2.46 bits per heavy atom. The molecule has 7 heteroatoms. The molecule has 3 N–H and O–H groups in total. The van der Waals surface area contributed by atoms with E-state index in [4.69, 9.17) is 4.74 Å². The maximum Gasteiger partial charge on any atom is 0.327 e. The van der Waals surface area contributed by atoms with E-state index in [1.165, 1.54) is 0 Å². The molecular formula is C21H23N3O4.